The molecule has 6 heteroatoms. The van der Waals surface area contributed by atoms with Crippen LogP contribution in [-0.4, -0.2) is 36.1 Å². The lowest BCUT2D eigenvalue weighted by atomic mass is 10.2. The number of pyridine rings is 2. The highest BCUT2D eigenvalue weighted by atomic mass is 15.3. The van der Waals surface area contributed by atoms with Crippen LogP contribution >= 0.6 is 0 Å². The van der Waals surface area contributed by atoms with E-state index >= 15 is 0 Å². The number of nitrogens with zero attached hydrogens (tertiary/aromatic N) is 5. The monoisotopic (exact) mass is 280 g/mol. The third kappa shape index (κ3) is 2.72. The predicted molar refractivity (Wildman–Crippen MR) is 82.0 cm³/mol. The van der Waals surface area contributed by atoms with E-state index in [1.807, 2.05) is 24.3 Å². The van der Waals surface area contributed by atoms with Gasteiger partial charge in [0.25, 0.3) is 0 Å². The fourth-order valence-corrected chi connectivity index (χ4v) is 2.48. The Labute approximate surface area is 123 Å². The van der Waals surface area contributed by atoms with Gasteiger partial charge in [0.2, 0.25) is 0 Å². The van der Waals surface area contributed by atoms with Crippen molar-refractivity contribution in [1.82, 2.24) is 9.97 Å². The second-order valence-electron chi connectivity index (χ2n) is 4.88. The maximum absolute atomic E-state index is 8.92. The number of hydrogen-bond acceptors (Lipinski definition) is 6. The van der Waals surface area contributed by atoms with Crippen molar-refractivity contribution in [3.63, 3.8) is 0 Å². The fourth-order valence-electron chi connectivity index (χ4n) is 2.48. The van der Waals surface area contributed by atoms with Gasteiger partial charge in [-0.2, -0.15) is 5.26 Å². The first-order valence-corrected chi connectivity index (χ1v) is 6.85. The van der Waals surface area contributed by atoms with Gasteiger partial charge in [0.05, 0.1) is 5.69 Å². The Hall–Kier alpha value is -2.81. The van der Waals surface area contributed by atoms with Crippen molar-refractivity contribution in [3.05, 3.63) is 42.2 Å². The number of nitrogen functional groups attached to an aromatic ring is 1. The second-order valence-corrected chi connectivity index (χ2v) is 4.88. The van der Waals surface area contributed by atoms with E-state index in [-0.39, 0.29) is 0 Å². The highest BCUT2D eigenvalue weighted by molar-refractivity contribution is 5.62. The lowest BCUT2D eigenvalue weighted by Gasteiger charge is -2.36. The van der Waals surface area contributed by atoms with Gasteiger partial charge < -0.3 is 15.5 Å². The van der Waals surface area contributed by atoms with E-state index in [2.05, 4.69) is 25.8 Å². The molecule has 0 aromatic carbocycles. The summed E-state index contributed by atoms with van der Waals surface area (Å²) < 4.78 is 0. The SMILES string of the molecule is N#Cc1cccc(N2CCN(c3ncccc3N)CC2)n1. The topological polar surface area (TPSA) is 82.1 Å². The van der Waals surface area contributed by atoms with Crippen LogP contribution in [0.2, 0.25) is 0 Å². The summed E-state index contributed by atoms with van der Waals surface area (Å²) >= 11 is 0. The normalized spacial score (nSPS) is 14.8. The molecular formula is C15H16N6. The maximum Gasteiger partial charge on any atom is 0.151 e. The Morgan fingerprint density at radius 1 is 1.05 bits per heavy atom. The van der Waals surface area contributed by atoms with Crippen LogP contribution < -0.4 is 15.5 Å². The summed E-state index contributed by atoms with van der Waals surface area (Å²) in [5, 5.41) is 8.92. The average molecular weight is 280 g/mol. The van der Waals surface area contributed by atoms with Crippen molar-refractivity contribution in [1.29, 1.82) is 5.26 Å². The Morgan fingerprint density at radius 2 is 1.81 bits per heavy atom. The molecule has 0 bridgehead atoms. The first-order valence-electron chi connectivity index (χ1n) is 6.85. The van der Waals surface area contributed by atoms with Crippen molar-refractivity contribution in [2.24, 2.45) is 0 Å². The predicted octanol–water partition coefficient (Wildman–Crippen LogP) is 1.26. The number of anilines is 3. The Bertz CT molecular complexity index is 670. The molecule has 1 saturated heterocycles. The second kappa shape index (κ2) is 5.67. The van der Waals surface area contributed by atoms with Crippen LogP contribution in [0.5, 0.6) is 0 Å². The summed E-state index contributed by atoms with van der Waals surface area (Å²) in [5.74, 6) is 1.69. The molecule has 1 aliphatic heterocycles. The van der Waals surface area contributed by atoms with Gasteiger partial charge in [0, 0.05) is 32.4 Å². The van der Waals surface area contributed by atoms with Gasteiger partial charge in [-0.3, -0.25) is 0 Å². The highest BCUT2D eigenvalue weighted by Crippen LogP contribution is 2.22. The van der Waals surface area contributed by atoms with E-state index in [0.29, 0.717) is 11.4 Å². The number of nitriles is 1. The van der Waals surface area contributed by atoms with Crippen molar-refractivity contribution in [2.75, 3.05) is 41.7 Å². The summed E-state index contributed by atoms with van der Waals surface area (Å²) in [5.41, 5.74) is 7.12. The number of rotatable bonds is 2. The Kier molecular flexibility index (Phi) is 3.56. The first kappa shape index (κ1) is 13.2. The minimum atomic E-state index is 0.448. The summed E-state index contributed by atoms with van der Waals surface area (Å²) in [6.45, 7) is 3.33. The van der Waals surface area contributed by atoms with Gasteiger partial charge in [-0.1, -0.05) is 6.07 Å². The van der Waals surface area contributed by atoms with Crippen molar-refractivity contribution < 1.29 is 0 Å². The quantitative estimate of drug-likeness (QED) is 0.891. The van der Waals surface area contributed by atoms with Crippen LogP contribution in [-0.2, 0) is 0 Å². The summed E-state index contributed by atoms with van der Waals surface area (Å²) in [6, 6.07) is 11.3. The van der Waals surface area contributed by atoms with Gasteiger partial charge in [-0.25, -0.2) is 9.97 Å². The zero-order valence-corrected chi connectivity index (χ0v) is 11.6. The molecule has 0 amide bonds. The van der Waals surface area contributed by atoms with E-state index in [0.717, 1.165) is 37.8 Å². The maximum atomic E-state index is 8.92. The molecule has 106 valence electrons. The third-order valence-corrected chi connectivity index (χ3v) is 3.57. The van der Waals surface area contributed by atoms with Crippen LogP contribution in [0, 0.1) is 11.3 Å². The van der Waals surface area contributed by atoms with Gasteiger partial charge in [-0.15, -0.1) is 0 Å². The molecular weight excluding hydrogens is 264 g/mol. The molecule has 21 heavy (non-hydrogen) atoms. The standard InChI is InChI=1S/C15H16N6/c16-11-12-3-1-5-14(19-12)20-7-9-21(10-8-20)15-13(17)4-2-6-18-15/h1-6H,7-10,17H2. The van der Waals surface area contributed by atoms with E-state index in [1.165, 1.54) is 0 Å². The molecule has 2 aromatic rings. The van der Waals surface area contributed by atoms with Crippen LogP contribution in [0.25, 0.3) is 0 Å². The van der Waals surface area contributed by atoms with E-state index in [1.54, 1.807) is 12.3 Å². The summed E-state index contributed by atoms with van der Waals surface area (Å²) in [7, 11) is 0. The van der Waals surface area contributed by atoms with Crippen molar-refractivity contribution >= 4 is 17.3 Å². The van der Waals surface area contributed by atoms with Crippen LogP contribution in [0.15, 0.2) is 36.5 Å². The number of nitrogens with two attached hydrogens (primary N) is 1. The molecule has 1 fully saturated rings. The summed E-state index contributed by atoms with van der Waals surface area (Å²) in [6.07, 6.45) is 1.76. The molecule has 0 atom stereocenters. The minimum Gasteiger partial charge on any atom is -0.396 e. The van der Waals surface area contributed by atoms with E-state index < -0.39 is 0 Å². The molecule has 6 nitrogen and oxygen atoms in total. The van der Waals surface area contributed by atoms with Crippen LogP contribution in [0.3, 0.4) is 0 Å². The van der Waals surface area contributed by atoms with Gasteiger partial charge in [0.1, 0.15) is 17.6 Å². The smallest absolute Gasteiger partial charge is 0.151 e. The zero-order valence-electron chi connectivity index (χ0n) is 11.6. The van der Waals surface area contributed by atoms with E-state index in [4.69, 9.17) is 11.0 Å². The number of piperazine rings is 1. The molecule has 0 aliphatic carbocycles. The molecule has 3 heterocycles. The van der Waals surface area contributed by atoms with E-state index in [9.17, 15) is 0 Å². The van der Waals surface area contributed by atoms with Gasteiger partial charge in [0.15, 0.2) is 5.82 Å². The molecule has 0 spiro atoms. The lowest BCUT2D eigenvalue weighted by Crippen LogP contribution is -2.47. The van der Waals surface area contributed by atoms with Crippen molar-refractivity contribution in [2.45, 2.75) is 0 Å². The lowest BCUT2D eigenvalue weighted by molar-refractivity contribution is 0.642. The minimum absolute atomic E-state index is 0.448. The highest BCUT2D eigenvalue weighted by Gasteiger charge is 2.20. The zero-order chi connectivity index (χ0) is 14.7. The Balaban J connectivity index is 1.71. The molecule has 2 N–H and O–H groups in total. The molecule has 0 radical (unpaired) electrons. The number of hydrogen-bond donors (Lipinski definition) is 1. The molecule has 0 unspecified atom stereocenters. The number of aromatic nitrogens is 2. The molecule has 3 rings (SSSR count). The van der Waals surface area contributed by atoms with Crippen molar-refractivity contribution in [3.8, 4) is 6.07 Å². The molecule has 1 aliphatic rings. The third-order valence-electron chi connectivity index (χ3n) is 3.57. The summed E-state index contributed by atoms with van der Waals surface area (Å²) in [4.78, 5) is 13.0. The molecule has 2 aromatic heterocycles. The fraction of sp³-hybridized carbons (Fsp3) is 0.267. The largest absolute Gasteiger partial charge is 0.396 e. The Morgan fingerprint density at radius 3 is 2.52 bits per heavy atom. The first-order chi connectivity index (χ1) is 10.3. The van der Waals surface area contributed by atoms with Crippen LogP contribution in [0.1, 0.15) is 5.69 Å². The van der Waals surface area contributed by atoms with Crippen LogP contribution in [0.4, 0.5) is 17.3 Å². The average Bonchev–Trinajstić information content (AvgIpc) is 2.56. The van der Waals surface area contributed by atoms with Gasteiger partial charge in [-0.05, 0) is 24.3 Å². The molecule has 0 saturated carbocycles. The van der Waals surface area contributed by atoms with Gasteiger partial charge >= 0.3 is 0 Å².